The third-order valence-electron chi connectivity index (χ3n) is 15.2. The average molecular weight is 908 g/mol. The summed E-state index contributed by atoms with van der Waals surface area (Å²) in [6.07, 6.45) is 0. The first kappa shape index (κ1) is 40.5. The number of hydrogen-bond acceptors (Lipinski definition) is 2. The van der Waals surface area contributed by atoms with Crippen molar-refractivity contribution in [3.05, 3.63) is 317 Å². The van der Waals surface area contributed by atoms with Crippen molar-refractivity contribution in [2.75, 3.05) is 4.90 Å². The number of rotatable bonds is 8. The fourth-order valence-electron chi connectivity index (χ4n) is 12.4. The van der Waals surface area contributed by atoms with Gasteiger partial charge in [0.05, 0.1) is 16.5 Å². The Balaban J connectivity index is 1.08. The quantitative estimate of drug-likeness (QED) is 0.147. The second kappa shape index (κ2) is 16.0. The highest BCUT2D eigenvalue weighted by Crippen LogP contribution is 2.60. The van der Waals surface area contributed by atoms with Gasteiger partial charge in [0.15, 0.2) is 0 Å². The van der Waals surface area contributed by atoms with Gasteiger partial charge in [0, 0.05) is 42.7 Å². The number of fused-ring (bicyclic) bond motifs is 9. The standard InChI is InChI=1S/C68H45NS/c1-5-22-46(23-6-1)67(47-24-7-2-8-25-47)60-36-17-13-30-52(60)54-42-40-50(44-62(54)67)69(64-38-19-15-32-56(64)58-34-21-35-59-57-33-16-20-39-65(57)70-66(58)59)51-41-43-55-53-31-14-18-37-61(53)68(63(55)45-51,48-26-9-3-10-27-48)49-28-11-4-12-29-49/h1-45H. The monoisotopic (exact) mass is 907 g/mol. The largest absolute Gasteiger partial charge is 0.310 e. The van der Waals surface area contributed by atoms with Crippen LogP contribution in [0.1, 0.15) is 44.5 Å². The molecule has 1 nitrogen and oxygen atoms in total. The summed E-state index contributed by atoms with van der Waals surface area (Å²) in [4.78, 5) is 2.55. The van der Waals surface area contributed by atoms with E-state index in [9.17, 15) is 0 Å². The van der Waals surface area contributed by atoms with Crippen LogP contribution in [0.2, 0.25) is 0 Å². The molecular formula is C68H45NS. The lowest BCUT2D eigenvalue weighted by Crippen LogP contribution is -2.29. The molecule has 0 amide bonds. The third kappa shape index (κ3) is 5.78. The van der Waals surface area contributed by atoms with Gasteiger partial charge in [0.2, 0.25) is 0 Å². The van der Waals surface area contributed by atoms with Crippen LogP contribution in [0.15, 0.2) is 273 Å². The topological polar surface area (TPSA) is 3.24 Å². The molecule has 12 aromatic rings. The number of benzene rings is 11. The van der Waals surface area contributed by atoms with Crippen molar-refractivity contribution >= 4 is 48.6 Å². The maximum absolute atomic E-state index is 2.55. The highest BCUT2D eigenvalue weighted by atomic mass is 32.1. The zero-order chi connectivity index (χ0) is 46.2. The van der Waals surface area contributed by atoms with Crippen LogP contribution in [0.4, 0.5) is 17.1 Å². The average Bonchev–Trinajstić information content (AvgIpc) is 4.07. The summed E-state index contributed by atoms with van der Waals surface area (Å²) in [5.74, 6) is 0. The van der Waals surface area contributed by atoms with Crippen LogP contribution in [-0.2, 0) is 10.8 Å². The Morgan fingerprint density at radius 2 is 0.657 bits per heavy atom. The summed E-state index contributed by atoms with van der Waals surface area (Å²) in [5.41, 5.74) is 19.8. The van der Waals surface area contributed by atoms with Crippen LogP contribution in [0.3, 0.4) is 0 Å². The van der Waals surface area contributed by atoms with E-state index in [1.807, 2.05) is 11.3 Å². The van der Waals surface area contributed by atoms with E-state index in [-0.39, 0.29) is 0 Å². The second-order valence-electron chi connectivity index (χ2n) is 18.6. The number of thiophene rings is 1. The Hall–Kier alpha value is -8.56. The first-order valence-corrected chi connectivity index (χ1v) is 25.1. The van der Waals surface area contributed by atoms with Crippen molar-refractivity contribution in [1.82, 2.24) is 0 Å². The Morgan fingerprint density at radius 1 is 0.271 bits per heavy atom. The maximum Gasteiger partial charge on any atom is 0.0714 e. The van der Waals surface area contributed by atoms with Gasteiger partial charge in [-0.2, -0.15) is 0 Å². The lowest BCUT2D eigenvalue weighted by Gasteiger charge is -2.36. The van der Waals surface area contributed by atoms with Gasteiger partial charge in [-0.25, -0.2) is 0 Å². The molecule has 0 saturated heterocycles. The van der Waals surface area contributed by atoms with Gasteiger partial charge in [-0.05, 0) is 103 Å². The molecule has 2 aliphatic rings. The summed E-state index contributed by atoms with van der Waals surface area (Å²) in [7, 11) is 0. The molecule has 2 aliphatic carbocycles. The number of anilines is 3. The molecule has 0 fully saturated rings. The van der Waals surface area contributed by atoms with Crippen molar-refractivity contribution in [2.24, 2.45) is 0 Å². The molecular weight excluding hydrogens is 863 g/mol. The maximum atomic E-state index is 2.55. The normalized spacial score (nSPS) is 13.7. The number of para-hydroxylation sites is 1. The van der Waals surface area contributed by atoms with E-state index in [4.69, 9.17) is 0 Å². The van der Waals surface area contributed by atoms with Crippen LogP contribution < -0.4 is 4.90 Å². The molecule has 14 rings (SSSR count). The molecule has 0 atom stereocenters. The van der Waals surface area contributed by atoms with Gasteiger partial charge in [0.25, 0.3) is 0 Å². The molecule has 0 unspecified atom stereocenters. The minimum atomic E-state index is -0.562. The summed E-state index contributed by atoms with van der Waals surface area (Å²) in [6, 6.07) is 102. The smallest absolute Gasteiger partial charge is 0.0714 e. The first-order chi connectivity index (χ1) is 34.7. The molecule has 0 bridgehead atoms. The molecule has 0 radical (unpaired) electrons. The lowest BCUT2D eigenvalue weighted by atomic mass is 9.67. The van der Waals surface area contributed by atoms with Crippen molar-refractivity contribution in [3.8, 4) is 33.4 Å². The van der Waals surface area contributed by atoms with Crippen LogP contribution in [-0.4, -0.2) is 0 Å². The molecule has 0 spiro atoms. The van der Waals surface area contributed by atoms with Gasteiger partial charge in [-0.15, -0.1) is 11.3 Å². The van der Waals surface area contributed by atoms with Crippen LogP contribution in [0.25, 0.3) is 53.6 Å². The van der Waals surface area contributed by atoms with Gasteiger partial charge >= 0.3 is 0 Å². The molecule has 328 valence electrons. The van der Waals surface area contributed by atoms with Crippen LogP contribution >= 0.6 is 11.3 Å². The summed E-state index contributed by atoms with van der Waals surface area (Å²) >= 11 is 1.89. The number of hydrogen-bond donors (Lipinski definition) is 0. The van der Waals surface area contributed by atoms with E-state index < -0.39 is 10.8 Å². The van der Waals surface area contributed by atoms with Gasteiger partial charge < -0.3 is 4.90 Å². The van der Waals surface area contributed by atoms with Crippen molar-refractivity contribution < 1.29 is 0 Å². The molecule has 11 aromatic carbocycles. The van der Waals surface area contributed by atoms with E-state index in [1.165, 1.54) is 98.1 Å². The molecule has 0 N–H and O–H groups in total. The Labute approximate surface area is 412 Å². The summed E-state index contributed by atoms with van der Waals surface area (Å²) in [5, 5.41) is 2.59. The van der Waals surface area contributed by atoms with E-state index in [0.717, 1.165) is 17.1 Å². The highest BCUT2D eigenvalue weighted by Gasteiger charge is 2.48. The third-order valence-corrected chi connectivity index (χ3v) is 16.5. The highest BCUT2D eigenvalue weighted by molar-refractivity contribution is 7.26. The fraction of sp³-hybridized carbons (Fsp3) is 0.0294. The molecule has 1 aromatic heterocycles. The zero-order valence-corrected chi connectivity index (χ0v) is 39.2. The van der Waals surface area contributed by atoms with Gasteiger partial charge in [-0.1, -0.05) is 237 Å². The van der Waals surface area contributed by atoms with Crippen molar-refractivity contribution in [3.63, 3.8) is 0 Å². The summed E-state index contributed by atoms with van der Waals surface area (Å²) < 4.78 is 2.59. The van der Waals surface area contributed by atoms with Crippen molar-refractivity contribution in [2.45, 2.75) is 10.8 Å². The first-order valence-electron chi connectivity index (χ1n) is 24.3. The predicted molar refractivity (Wildman–Crippen MR) is 294 cm³/mol. The SMILES string of the molecule is c1ccc(C2(c3ccccc3)c3ccccc3-c3ccc(N(c4ccc5c(c4)C(c4ccccc4)(c4ccccc4)c4ccccc4-5)c4ccccc4-c4cccc5c4sc4ccccc45)cc32)cc1. The molecule has 1 heterocycles. The van der Waals surface area contributed by atoms with E-state index >= 15 is 0 Å². The molecule has 70 heavy (non-hydrogen) atoms. The molecule has 0 aliphatic heterocycles. The Morgan fingerprint density at radius 3 is 1.17 bits per heavy atom. The molecule has 0 saturated carbocycles. The van der Waals surface area contributed by atoms with E-state index in [0.29, 0.717) is 0 Å². The Kier molecular flexibility index (Phi) is 9.27. The summed E-state index contributed by atoms with van der Waals surface area (Å²) in [6.45, 7) is 0. The van der Waals surface area contributed by atoms with Crippen molar-refractivity contribution in [1.29, 1.82) is 0 Å². The van der Waals surface area contributed by atoms with E-state index in [2.05, 4.69) is 278 Å². The lowest BCUT2D eigenvalue weighted by molar-refractivity contribution is 0.767. The van der Waals surface area contributed by atoms with Crippen LogP contribution in [0, 0.1) is 0 Å². The minimum absolute atomic E-state index is 0.562. The second-order valence-corrected chi connectivity index (χ2v) is 19.7. The minimum Gasteiger partial charge on any atom is -0.310 e. The van der Waals surface area contributed by atoms with E-state index in [1.54, 1.807) is 0 Å². The van der Waals surface area contributed by atoms with Gasteiger partial charge in [-0.3, -0.25) is 0 Å². The Bertz CT molecular complexity index is 3690. The number of nitrogens with zero attached hydrogens (tertiary/aromatic N) is 1. The van der Waals surface area contributed by atoms with Gasteiger partial charge in [0.1, 0.15) is 0 Å². The molecule has 2 heteroatoms. The van der Waals surface area contributed by atoms with Crippen LogP contribution in [0.5, 0.6) is 0 Å². The predicted octanol–water partition coefficient (Wildman–Crippen LogP) is 17.9. The zero-order valence-electron chi connectivity index (χ0n) is 38.3. The fourth-order valence-corrected chi connectivity index (χ4v) is 13.7.